The van der Waals surface area contributed by atoms with E-state index in [0.717, 1.165) is 5.56 Å². The summed E-state index contributed by atoms with van der Waals surface area (Å²) in [5.74, 6) is -0.581. The van der Waals surface area contributed by atoms with Gasteiger partial charge >= 0.3 is 0 Å². The fourth-order valence-corrected chi connectivity index (χ4v) is 3.41. The molecule has 24 heavy (non-hydrogen) atoms. The van der Waals surface area contributed by atoms with Crippen molar-refractivity contribution in [3.8, 4) is 0 Å². The molecule has 132 valence electrons. The first-order chi connectivity index (χ1) is 11.3. The van der Waals surface area contributed by atoms with E-state index in [-0.39, 0.29) is 24.2 Å². The Balaban J connectivity index is 1.74. The van der Waals surface area contributed by atoms with E-state index in [1.165, 1.54) is 0 Å². The van der Waals surface area contributed by atoms with Crippen LogP contribution >= 0.6 is 0 Å². The van der Waals surface area contributed by atoms with Crippen LogP contribution in [0.3, 0.4) is 0 Å². The molecule has 0 unspecified atom stereocenters. The van der Waals surface area contributed by atoms with Crippen molar-refractivity contribution in [2.75, 3.05) is 6.61 Å². The minimum Gasteiger partial charge on any atom is -0.390 e. The van der Waals surface area contributed by atoms with Crippen LogP contribution in [0.5, 0.6) is 0 Å². The third-order valence-corrected chi connectivity index (χ3v) is 5.14. The van der Waals surface area contributed by atoms with Gasteiger partial charge in [-0.25, -0.2) is 0 Å². The number of ether oxygens (including phenoxy) is 3. The summed E-state index contributed by atoms with van der Waals surface area (Å²) < 4.78 is 17.9. The van der Waals surface area contributed by atoms with Crippen molar-refractivity contribution in [3.05, 3.63) is 42.0 Å². The lowest BCUT2D eigenvalue weighted by Crippen LogP contribution is -2.53. The summed E-state index contributed by atoms with van der Waals surface area (Å²) >= 11 is 0. The molecular formula is C20H28O4. The topological polar surface area (TPSA) is 47.9 Å². The Morgan fingerprint density at radius 3 is 2.46 bits per heavy atom. The quantitative estimate of drug-likeness (QED) is 0.922. The zero-order chi connectivity index (χ0) is 17.4. The maximum atomic E-state index is 10.9. The highest BCUT2D eigenvalue weighted by molar-refractivity contribution is 5.49. The average molecular weight is 332 g/mol. The molecular weight excluding hydrogens is 304 g/mol. The second-order valence-corrected chi connectivity index (χ2v) is 7.63. The summed E-state index contributed by atoms with van der Waals surface area (Å²) in [7, 11) is 0. The second-order valence-electron chi connectivity index (χ2n) is 7.63. The van der Waals surface area contributed by atoms with Gasteiger partial charge in [0.2, 0.25) is 0 Å². The second kappa shape index (κ2) is 6.60. The lowest BCUT2D eigenvalue weighted by atomic mass is 9.78. The lowest BCUT2D eigenvalue weighted by molar-refractivity contribution is -0.204. The molecule has 1 N–H and O–H groups in total. The minimum atomic E-state index is -0.801. The Morgan fingerprint density at radius 1 is 1.12 bits per heavy atom. The van der Waals surface area contributed by atoms with Crippen LogP contribution in [-0.4, -0.2) is 41.4 Å². The number of hydrogen-bond acceptors (Lipinski definition) is 4. The molecule has 0 amide bonds. The van der Waals surface area contributed by atoms with E-state index in [9.17, 15) is 5.11 Å². The van der Waals surface area contributed by atoms with Crippen LogP contribution in [0.15, 0.2) is 36.4 Å². The first-order valence-electron chi connectivity index (χ1n) is 8.70. The average Bonchev–Trinajstić information content (AvgIpc) is 2.90. The van der Waals surface area contributed by atoms with Gasteiger partial charge in [-0.05, 0) is 26.3 Å². The van der Waals surface area contributed by atoms with E-state index < -0.39 is 11.4 Å². The molecule has 5 atom stereocenters. The highest BCUT2D eigenvalue weighted by Gasteiger charge is 2.47. The van der Waals surface area contributed by atoms with Gasteiger partial charge in [0.25, 0.3) is 0 Å². The van der Waals surface area contributed by atoms with Gasteiger partial charge in [-0.2, -0.15) is 0 Å². The summed E-state index contributed by atoms with van der Waals surface area (Å²) in [4.78, 5) is 0. The monoisotopic (exact) mass is 332 g/mol. The molecule has 1 aromatic rings. The van der Waals surface area contributed by atoms with E-state index in [1.807, 2.05) is 52.0 Å². The third kappa shape index (κ3) is 3.89. The number of benzene rings is 1. The molecule has 4 heteroatoms. The number of aliphatic hydroxyl groups is 1. The van der Waals surface area contributed by atoms with Gasteiger partial charge in [0.05, 0.1) is 24.4 Å². The van der Waals surface area contributed by atoms with E-state index in [1.54, 1.807) is 0 Å². The predicted octanol–water partition coefficient (Wildman–Crippen LogP) is 3.40. The molecule has 2 aliphatic rings. The normalized spacial score (nSPS) is 39.4. The van der Waals surface area contributed by atoms with Gasteiger partial charge in [-0.3, -0.25) is 0 Å². The molecule has 2 aliphatic heterocycles. The summed E-state index contributed by atoms with van der Waals surface area (Å²) in [5, 5.41) is 10.9. The first-order valence-corrected chi connectivity index (χ1v) is 8.70. The van der Waals surface area contributed by atoms with E-state index in [0.29, 0.717) is 13.0 Å². The molecule has 0 bridgehead atoms. The van der Waals surface area contributed by atoms with Gasteiger partial charge in [0.1, 0.15) is 6.10 Å². The maximum absolute atomic E-state index is 10.9. The zero-order valence-electron chi connectivity index (χ0n) is 14.9. The Labute approximate surface area is 144 Å². The molecule has 0 spiro atoms. The molecule has 0 aliphatic carbocycles. The van der Waals surface area contributed by atoms with Gasteiger partial charge < -0.3 is 19.3 Å². The number of rotatable bonds is 3. The van der Waals surface area contributed by atoms with Crippen LogP contribution in [-0.2, 0) is 14.2 Å². The van der Waals surface area contributed by atoms with Crippen molar-refractivity contribution in [1.29, 1.82) is 0 Å². The summed E-state index contributed by atoms with van der Waals surface area (Å²) in [6.07, 6.45) is 4.16. The van der Waals surface area contributed by atoms with Crippen molar-refractivity contribution in [3.63, 3.8) is 0 Å². The molecule has 2 heterocycles. The van der Waals surface area contributed by atoms with Crippen LogP contribution in [0.4, 0.5) is 0 Å². The molecule has 4 nitrogen and oxygen atoms in total. The zero-order valence-corrected chi connectivity index (χ0v) is 14.9. The molecule has 3 rings (SSSR count). The standard InChI is InChI=1S/C20H28O4/c1-14-16(11-10-15-8-6-5-7-9-15)23-17(12-20(14,4)21)18-13-22-19(2,3)24-18/h5-11,14,16-18,21H,12-13H2,1-4H3/b11-10+/t14-,16+,17+,18+,20+/m0/s1. The van der Waals surface area contributed by atoms with Gasteiger partial charge in [-0.1, -0.05) is 49.4 Å². The maximum Gasteiger partial charge on any atom is 0.163 e. The van der Waals surface area contributed by atoms with Gasteiger partial charge in [0, 0.05) is 12.3 Å². The molecule has 0 aromatic heterocycles. The molecule has 0 radical (unpaired) electrons. The highest BCUT2D eigenvalue weighted by atomic mass is 16.7. The van der Waals surface area contributed by atoms with Gasteiger partial charge in [0.15, 0.2) is 5.79 Å². The van der Waals surface area contributed by atoms with Crippen LogP contribution in [0.25, 0.3) is 6.08 Å². The van der Waals surface area contributed by atoms with Crippen LogP contribution in [0.2, 0.25) is 0 Å². The smallest absolute Gasteiger partial charge is 0.163 e. The van der Waals surface area contributed by atoms with E-state index in [2.05, 4.69) is 18.2 Å². The van der Waals surface area contributed by atoms with Crippen LogP contribution in [0.1, 0.15) is 39.7 Å². The van der Waals surface area contributed by atoms with Crippen LogP contribution < -0.4 is 0 Å². The van der Waals surface area contributed by atoms with E-state index >= 15 is 0 Å². The van der Waals surface area contributed by atoms with Gasteiger partial charge in [-0.15, -0.1) is 0 Å². The van der Waals surface area contributed by atoms with Crippen molar-refractivity contribution in [1.82, 2.24) is 0 Å². The molecule has 2 saturated heterocycles. The first kappa shape index (κ1) is 17.6. The fraction of sp³-hybridized carbons (Fsp3) is 0.600. The molecule has 1 aromatic carbocycles. The highest BCUT2D eigenvalue weighted by Crippen LogP contribution is 2.38. The Morgan fingerprint density at radius 2 is 1.83 bits per heavy atom. The van der Waals surface area contributed by atoms with Crippen LogP contribution in [0, 0.1) is 5.92 Å². The van der Waals surface area contributed by atoms with Crippen molar-refractivity contribution >= 4 is 6.08 Å². The Kier molecular flexibility index (Phi) is 4.85. The molecule has 0 saturated carbocycles. The number of hydrogen-bond donors (Lipinski definition) is 1. The Bertz CT molecular complexity index is 579. The summed E-state index contributed by atoms with van der Waals surface area (Å²) in [6.45, 7) is 8.23. The largest absolute Gasteiger partial charge is 0.390 e. The Hall–Kier alpha value is -1.20. The summed E-state index contributed by atoms with van der Waals surface area (Å²) in [5.41, 5.74) is 0.321. The minimum absolute atomic E-state index is 0.00374. The van der Waals surface area contributed by atoms with Crippen molar-refractivity contribution in [2.24, 2.45) is 5.92 Å². The van der Waals surface area contributed by atoms with Crippen molar-refractivity contribution in [2.45, 2.75) is 63.8 Å². The predicted molar refractivity (Wildman–Crippen MR) is 93.4 cm³/mol. The lowest BCUT2D eigenvalue weighted by Gasteiger charge is -2.45. The molecule has 2 fully saturated rings. The summed E-state index contributed by atoms with van der Waals surface area (Å²) in [6, 6.07) is 10.1. The SMILES string of the molecule is C[C@H]1[C@@H](/C=C/c2ccccc2)O[C@@H]([C@H]2COC(C)(C)O2)C[C@@]1(C)O. The van der Waals surface area contributed by atoms with E-state index in [4.69, 9.17) is 14.2 Å². The third-order valence-electron chi connectivity index (χ3n) is 5.14. The fourth-order valence-electron chi connectivity index (χ4n) is 3.41. The van der Waals surface area contributed by atoms with Crippen molar-refractivity contribution < 1.29 is 19.3 Å².